The topological polar surface area (TPSA) is 39.2 Å². The third kappa shape index (κ3) is 2.11. The minimum atomic E-state index is -0.830. The summed E-state index contributed by atoms with van der Waals surface area (Å²) in [6.45, 7) is 0. The molecule has 3 rings (SSSR count). The van der Waals surface area contributed by atoms with E-state index in [-0.39, 0.29) is 5.56 Å². The van der Waals surface area contributed by atoms with Crippen molar-refractivity contribution in [2.24, 2.45) is 5.73 Å². The van der Waals surface area contributed by atoms with Gasteiger partial charge in [-0.25, -0.2) is 8.78 Å². The first-order chi connectivity index (χ1) is 9.15. The molecule has 0 amide bonds. The third-order valence-corrected chi connectivity index (χ3v) is 3.04. The fourth-order valence-electron chi connectivity index (χ4n) is 2.06. The summed E-state index contributed by atoms with van der Waals surface area (Å²) in [7, 11) is 0. The molecule has 0 aliphatic rings. The predicted octanol–water partition coefficient (Wildman–Crippen LogP) is 3.76. The van der Waals surface area contributed by atoms with Gasteiger partial charge in [0.15, 0.2) is 0 Å². The number of para-hydroxylation sites is 1. The number of furan rings is 1. The van der Waals surface area contributed by atoms with Gasteiger partial charge in [-0.05, 0) is 30.3 Å². The fourth-order valence-corrected chi connectivity index (χ4v) is 2.06. The Morgan fingerprint density at radius 2 is 1.79 bits per heavy atom. The molecule has 0 fully saturated rings. The molecule has 1 atom stereocenters. The summed E-state index contributed by atoms with van der Waals surface area (Å²) in [5, 5.41) is 0.879. The van der Waals surface area contributed by atoms with Gasteiger partial charge in [0, 0.05) is 10.9 Å². The molecular weight excluding hydrogens is 248 g/mol. The third-order valence-electron chi connectivity index (χ3n) is 3.04. The number of hydrogen-bond acceptors (Lipinski definition) is 2. The lowest BCUT2D eigenvalue weighted by Crippen LogP contribution is -2.13. The van der Waals surface area contributed by atoms with Crippen LogP contribution in [-0.2, 0) is 0 Å². The van der Waals surface area contributed by atoms with Gasteiger partial charge in [-0.15, -0.1) is 0 Å². The van der Waals surface area contributed by atoms with Crippen LogP contribution in [0.15, 0.2) is 52.9 Å². The maximum atomic E-state index is 13.7. The van der Waals surface area contributed by atoms with Crippen LogP contribution in [0.5, 0.6) is 0 Å². The molecule has 0 bridgehead atoms. The van der Waals surface area contributed by atoms with E-state index in [1.54, 1.807) is 12.1 Å². The molecule has 1 aromatic heterocycles. The highest BCUT2D eigenvalue weighted by molar-refractivity contribution is 5.77. The number of benzene rings is 2. The first kappa shape index (κ1) is 11.9. The number of rotatable bonds is 2. The molecule has 2 N–H and O–H groups in total. The van der Waals surface area contributed by atoms with Gasteiger partial charge in [-0.1, -0.05) is 18.2 Å². The van der Waals surface area contributed by atoms with Gasteiger partial charge in [-0.3, -0.25) is 0 Å². The summed E-state index contributed by atoms with van der Waals surface area (Å²) in [5.41, 5.74) is 6.70. The lowest BCUT2D eigenvalue weighted by Gasteiger charge is -2.10. The molecule has 96 valence electrons. The highest BCUT2D eigenvalue weighted by Crippen LogP contribution is 2.28. The normalized spacial score (nSPS) is 12.8. The second kappa shape index (κ2) is 4.48. The van der Waals surface area contributed by atoms with Crippen LogP contribution in [0.3, 0.4) is 0 Å². The van der Waals surface area contributed by atoms with Gasteiger partial charge in [-0.2, -0.15) is 0 Å². The van der Waals surface area contributed by atoms with Crippen LogP contribution in [0, 0.1) is 11.6 Å². The molecule has 1 heterocycles. The van der Waals surface area contributed by atoms with Crippen LogP contribution >= 0.6 is 0 Å². The Hall–Kier alpha value is -2.20. The Balaban J connectivity index is 2.07. The summed E-state index contributed by atoms with van der Waals surface area (Å²) in [6.07, 6.45) is 0. The van der Waals surface area contributed by atoms with Crippen LogP contribution in [0.1, 0.15) is 17.4 Å². The Morgan fingerprint density at radius 3 is 2.58 bits per heavy atom. The summed E-state index contributed by atoms with van der Waals surface area (Å²) in [4.78, 5) is 0. The van der Waals surface area contributed by atoms with Crippen molar-refractivity contribution < 1.29 is 13.2 Å². The minimum absolute atomic E-state index is 0.0825. The van der Waals surface area contributed by atoms with Crippen LogP contribution in [0.4, 0.5) is 8.78 Å². The average Bonchev–Trinajstić information content (AvgIpc) is 2.84. The second-order valence-electron chi connectivity index (χ2n) is 4.33. The molecule has 0 aliphatic heterocycles. The van der Waals surface area contributed by atoms with E-state index in [0.717, 1.165) is 23.6 Å². The monoisotopic (exact) mass is 259 g/mol. The Kier molecular flexibility index (Phi) is 2.80. The van der Waals surface area contributed by atoms with E-state index in [4.69, 9.17) is 10.2 Å². The number of hydrogen-bond donors (Lipinski definition) is 1. The van der Waals surface area contributed by atoms with E-state index < -0.39 is 17.7 Å². The smallest absolute Gasteiger partial charge is 0.134 e. The van der Waals surface area contributed by atoms with Crippen molar-refractivity contribution >= 4 is 11.0 Å². The molecule has 0 aliphatic carbocycles. The van der Waals surface area contributed by atoms with Crippen molar-refractivity contribution in [2.75, 3.05) is 0 Å². The molecular formula is C15H11F2NO. The zero-order chi connectivity index (χ0) is 13.4. The van der Waals surface area contributed by atoms with E-state index in [1.165, 1.54) is 0 Å². The van der Waals surface area contributed by atoms with Crippen LogP contribution in [0.25, 0.3) is 11.0 Å². The van der Waals surface area contributed by atoms with E-state index in [2.05, 4.69) is 0 Å². The Labute approximate surface area is 108 Å². The lowest BCUT2D eigenvalue weighted by atomic mass is 10.0. The van der Waals surface area contributed by atoms with Gasteiger partial charge >= 0.3 is 0 Å². The number of nitrogens with two attached hydrogens (primary N) is 1. The van der Waals surface area contributed by atoms with E-state index >= 15 is 0 Å². The van der Waals surface area contributed by atoms with Crippen LogP contribution < -0.4 is 5.73 Å². The number of halogens is 2. The van der Waals surface area contributed by atoms with Crippen molar-refractivity contribution in [2.45, 2.75) is 6.04 Å². The molecule has 2 nitrogen and oxygen atoms in total. The maximum Gasteiger partial charge on any atom is 0.134 e. The van der Waals surface area contributed by atoms with Crippen molar-refractivity contribution in [3.8, 4) is 0 Å². The molecule has 1 unspecified atom stereocenters. The quantitative estimate of drug-likeness (QED) is 0.761. The maximum absolute atomic E-state index is 13.7. The molecule has 4 heteroatoms. The molecule has 0 saturated heterocycles. The molecule has 2 aromatic carbocycles. The van der Waals surface area contributed by atoms with E-state index in [9.17, 15) is 8.78 Å². The molecule has 0 radical (unpaired) electrons. The largest absolute Gasteiger partial charge is 0.459 e. The summed E-state index contributed by atoms with van der Waals surface area (Å²) in [5.74, 6) is -0.664. The zero-order valence-electron chi connectivity index (χ0n) is 9.94. The number of fused-ring (bicyclic) bond motifs is 1. The first-order valence-electron chi connectivity index (χ1n) is 5.84. The first-order valence-corrected chi connectivity index (χ1v) is 5.84. The zero-order valence-corrected chi connectivity index (χ0v) is 9.94. The van der Waals surface area contributed by atoms with Gasteiger partial charge in [0.25, 0.3) is 0 Å². The lowest BCUT2D eigenvalue weighted by molar-refractivity contribution is 0.506. The standard InChI is InChI=1S/C15H11F2NO/c16-10-5-6-12(17)11(8-10)15(18)14-7-9-3-1-2-4-13(9)19-14/h1-8,15H,18H2. The summed E-state index contributed by atoms with van der Waals surface area (Å²) in [6, 6.07) is 11.5. The van der Waals surface area contributed by atoms with Gasteiger partial charge < -0.3 is 10.2 Å². The van der Waals surface area contributed by atoms with Crippen molar-refractivity contribution in [3.05, 3.63) is 71.5 Å². The van der Waals surface area contributed by atoms with Gasteiger partial charge in [0.05, 0.1) is 6.04 Å². The second-order valence-corrected chi connectivity index (χ2v) is 4.33. The van der Waals surface area contributed by atoms with Crippen molar-refractivity contribution in [1.29, 1.82) is 0 Å². The Bertz CT molecular complexity index is 703. The highest BCUT2D eigenvalue weighted by Gasteiger charge is 2.18. The SMILES string of the molecule is NC(c1cc2ccccc2o1)c1cc(F)ccc1F. The molecule has 3 aromatic rings. The van der Waals surface area contributed by atoms with E-state index in [0.29, 0.717) is 11.3 Å². The average molecular weight is 259 g/mol. The van der Waals surface area contributed by atoms with Gasteiger partial charge in [0.2, 0.25) is 0 Å². The molecule has 0 saturated carbocycles. The van der Waals surface area contributed by atoms with Crippen molar-refractivity contribution in [3.63, 3.8) is 0 Å². The molecule has 0 spiro atoms. The summed E-state index contributed by atoms with van der Waals surface area (Å²) < 4.78 is 32.4. The van der Waals surface area contributed by atoms with Crippen molar-refractivity contribution in [1.82, 2.24) is 0 Å². The fraction of sp³-hybridized carbons (Fsp3) is 0.0667. The van der Waals surface area contributed by atoms with Gasteiger partial charge in [0.1, 0.15) is 23.0 Å². The van der Waals surface area contributed by atoms with Crippen LogP contribution in [-0.4, -0.2) is 0 Å². The minimum Gasteiger partial charge on any atom is -0.459 e. The molecule has 19 heavy (non-hydrogen) atoms. The van der Waals surface area contributed by atoms with Crippen LogP contribution in [0.2, 0.25) is 0 Å². The highest BCUT2D eigenvalue weighted by atomic mass is 19.1. The Morgan fingerprint density at radius 1 is 1.00 bits per heavy atom. The van der Waals surface area contributed by atoms with E-state index in [1.807, 2.05) is 18.2 Å². The predicted molar refractivity (Wildman–Crippen MR) is 68.6 cm³/mol. The summed E-state index contributed by atoms with van der Waals surface area (Å²) >= 11 is 0.